The number of nitrogens with zero attached hydrogens (tertiary/aromatic N) is 2. The van der Waals surface area contributed by atoms with Crippen molar-refractivity contribution in [3.8, 4) is 0 Å². The van der Waals surface area contributed by atoms with E-state index in [4.69, 9.17) is 9.47 Å². The third-order valence-corrected chi connectivity index (χ3v) is 10.7. The van der Waals surface area contributed by atoms with Gasteiger partial charge < -0.3 is 29.7 Å². The van der Waals surface area contributed by atoms with Gasteiger partial charge in [0, 0.05) is 19.0 Å². The van der Waals surface area contributed by atoms with Gasteiger partial charge in [-0.2, -0.15) is 0 Å². The van der Waals surface area contributed by atoms with Gasteiger partial charge >= 0.3 is 5.97 Å². The van der Waals surface area contributed by atoms with Crippen molar-refractivity contribution in [2.75, 3.05) is 19.7 Å². The summed E-state index contributed by atoms with van der Waals surface area (Å²) >= 11 is 0. The molecule has 2 N–H and O–H groups in total. The van der Waals surface area contributed by atoms with Crippen molar-refractivity contribution in [3.63, 3.8) is 0 Å². The Morgan fingerprint density at radius 1 is 1.13 bits per heavy atom. The summed E-state index contributed by atoms with van der Waals surface area (Å²) in [4.78, 5) is 59.4. The minimum absolute atomic E-state index is 0.0287. The summed E-state index contributed by atoms with van der Waals surface area (Å²) in [6.45, 7) is 11.5. The summed E-state index contributed by atoms with van der Waals surface area (Å²) in [6.07, 6.45) is 8.74. The highest BCUT2D eigenvalue weighted by molar-refractivity contribution is 5.98. The number of esters is 1. The minimum Gasteiger partial charge on any atom is -0.455 e. The van der Waals surface area contributed by atoms with Crippen LogP contribution in [0.5, 0.6) is 0 Å². The highest BCUT2D eigenvalue weighted by Crippen LogP contribution is 2.59. The summed E-state index contributed by atoms with van der Waals surface area (Å²) in [5, 5.41) is 13.4. The Labute approximate surface area is 278 Å². The smallest absolute Gasteiger partial charge is 0.313 e. The lowest BCUT2D eigenvalue weighted by atomic mass is 9.70. The maximum Gasteiger partial charge on any atom is 0.313 e. The molecule has 7 atom stereocenters. The first-order valence-electron chi connectivity index (χ1n) is 17.3. The summed E-state index contributed by atoms with van der Waals surface area (Å²) in [7, 11) is 0. The zero-order chi connectivity index (χ0) is 33.7. The number of hydrogen-bond acceptors (Lipinski definition) is 7. The van der Waals surface area contributed by atoms with Crippen molar-refractivity contribution in [1.82, 2.24) is 15.1 Å². The lowest BCUT2D eigenvalue weighted by Gasteiger charge is -2.43. The molecule has 5 rings (SSSR count). The van der Waals surface area contributed by atoms with Crippen LogP contribution in [-0.2, 0) is 28.7 Å². The molecule has 4 fully saturated rings. The van der Waals surface area contributed by atoms with Crippen LogP contribution < -0.4 is 5.32 Å². The van der Waals surface area contributed by atoms with Crippen molar-refractivity contribution in [2.45, 2.75) is 108 Å². The van der Waals surface area contributed by atoms with Crippen LogP contribution in [0.15, 0.2) is 55.6 Å². The van der Waals surface area contributed by atoms with E-state index in [1.54, 1.807) is 17.1 Å². The first-order valence-corrected chi connectivity index (χ1v) is 17.3. The van der Waals surface area contributed by atoms with Crippen molar-refractivity contribution in [3.05, 3.63) is 61.2 Å². The number of hydrogen-bond donors (Lipinski definition) is 2. The predicted molar refractivity (Wildman–Crippen MR) is 177 cm³/mol. The Hall–Kier alpha value is -3.50. The highest BCUT2D eigenvalue weighted by Gasteiger charge is 2.76. The molecule has 4 aliphatic rings. The number of aliphatic hydroxyl groups is 1. The number of nitrogens with one attached hydrogen (secondary N) is 1. The van der Waals surface area contributed by atoms with Gasteiger partial charge in [0.25, 0.3) is 0 Å². The number of allylic oxidation sites excluding steroid dienone is 1. The molecule has 1 spiro atoms. The second kappa shape index (κ2) is 15.2. The van der Waals surface area contributed by atoms with Gasteiger partial charge in [-0.25, -0.2) is 0 Å². The Bertz CT molecular complexity index is 1310. The van der Waals surface area contributed by atoms with E-state index in [9.17, 15) is 24.3 Å². The van der Waals surface area contributed by atoms with Crippen molar-refractivity contribution in [2.24, 2.45) is 17.8 Å². The SMILES string of the molecule is C=CCCC(=O)NC[C@H](OC(=O)[C@@H]1[C@@H]2CC[C@]3(O2)[C@H](C(=O)N(CC=C)C2CCCCC2)N([C@@H](CO)C(C)C)C(=O)[C@@H]13)c1ccccc1. The first kappa shape index (κ1) is 34.8. The van der Waals surface area contributed by atoms with Gasteiger partial charge in [-0.3, -0.25) is 19.2 Å². The summed E-state index contributed by atoms with van der Waals surface area (Å²) < 4.78 is 12.8. The zero-order valence-electron chi connectivity index (χ0n) is 27.9. The van der Waals surface area contributed by atoms with Crippen LogP contribution in [0.1, 0.15) is 83.3 Å². The van der Waals surface area contributed by atoms with Crippen molar-refractivity contribution < 1.29 is 33.8 Å². The van der Waals surface area contributed by atoms with Crippen LogP contribution in [0.2, 0.25) is 0 Å². The Morgan fingerprint density at radius 3 is 2.49 bits per heavy atom. The molecular formula is C37H51N3O7. The van der Waals surface area contributed by atoms with Crippen LogP contribution in [-0.4, -0.2) is 88.1 Å². The van der Waals surface area contributed by atoms with E-state index in [1.165, 1.54) is 0 Å². The highest BCUT2D eigenvalue weighted by atomic mass is 16.6. The van der Waals surface area contributed by atoms with Crippen LogP contribution in [0.3, 0.4) is 0 Å². The molecule has 1 aromatic carbocycles. The fourth-order valence-corrected chi connectivity index (χ4v) is 8.37. The van der Waals surface area contributed by atoms with E-state index < -0.39 is 47.7 Å². The van der Waals surface area contributed by atoms with Crippen LogP contribution in [0, 0.1) is 17.8 Å². The molecule has 47 heavy (non-hydrogen) atoms. The molecule has 10 heteroatoms. The molecule has 10 nitrogen and oxygen atoms in total. The topological polar surface area (TPSA) is 125 Å². The number of carbonyl (C=O) groups excluding carboxylic acids is 4. The molecule has 0 radical (unpaired) electrons. The molecule has 0 aromatic heterocycles. The maximum absolute atomic E-state index is 14.8. The van der Waals surface area contributed by atoms with Crippen LogP contribution in [0.4, 0.5) is 0 Å². The third-order valence-electron chi connectivity index (χ3n) is 10.7. The Kier molecular flexibility index (Phi) is 11.2. The van der Waals surface area contributed by atoms with Crippen LogP contribution >= 0.6 is 0 Å². The van der Waals surface area contributed by atoms with Crippen molar-refractivity contribution in [1.29, 1.82) is 0 Å². The standard InChI is InChI=1S/C37H51N3O7/c1-5-7-18-30(42)38-22-29(25-14-10-8-11-15-25)46-36(45)31-28-19-20-37(47-28)32(31)34(43)40(27(23-41)24(3)4)33(37)35(44)39(21-6-2)26-16-12-9-13-17-26/h5-6,8,10-11,14-15,24,26-29,31-33,41H,1-2,7,9,12-13,16-23H2,3-4H3,(H,38,42)/t27-,28-,29-,31+,32+,33-,37+/m0/s1. The number of rotatable bonds is 15. The average molecular weight is 650 g/mol. The molecule has 3 amide bonds. The molecule has 3 saturated heterocycles. The number of fused-ring (bicyclic) bond motifs is 1. The van der Waals surface area contributed by atoms with Gasteiger partial charge in [0.15, 0.2) is 0 Å². The molecule has 3 heterocycles. The molecule has 1 saturated carbocycles. The average Bonchev–Trinajstić information content (AvgIpc) is 3.72. The van der Waals surface area contributed by atoms with E-state index in [0.717, 1.165) is 32.1 Å². The zero-order valence-corrected chi connectivity index (χ0v) is 27.9. The van der Waals surface area contributed by atoms with Crippen LogP contribution in [0.25, 0.3) is 0 Å². The lowest BCUT2D eigenvalue weighted by molar-refractivity contribution is -0.161. The molecule has 0 unspecified atom stereocenters. The number of aliphatic hydroxyl groups excluding tert-OH is 1. The van der Waals surface area contributed by atoms with Gasteiger partial charge in [-0.1, -0.05) is 75.6 Å². The summed E-state index contributed by atoms with van der Waals surface area (Å²) in [5.74, 6) is -3.32. The summed E-state index contributed by atoms with van der Waals surface area (Å²) in [6, 6.07) is 7.62. The Morgan fingerprint density at radius 2 is 1.85 bits per heavy atom. The molecular weight excluding hydrogens is 598 g/mol. The fourth-order valence-electron chi connectivity index (χ4n) is 8.37. The number of ether oxygens (including phenoxy) is 2. The predicted octanol–water partition coefficient (Wildman–Crippen LogP) is 4.09. The second-order valence-corrected chi connectivity index (χ2v) is 13.8. The minimum atomic E-state index is -1.21. The first-order chi connectivity index (χ1) is 22.7. The van der Waals surface area contributed by atoms with Crippen molar-refractivity contribution >= 4 is 23.7 Å². The number of carbonyl (C=O) groups is 4. The van der Waals surface area contributed by atoms with Gasteiger partial charge in [0.1, 0.15) is 17.7 Å². The third kappa shape index (κ3) is 6.77. The number of amides is 3. The molecule has 256 valence electrons. The van der Waals surface area contributed by atoms with Gasteiger partial charge in [0.05, 0.1) is 37.1 Å². The summed E-state index contributed by atoms with van der Waals surface area (Å²) in [5.41, 5.74) is -0.496. The van der Waals surface area contributed by atoms with E-state index in [0.29, 0.717) is 31.4 Å². The monoisotopic (exact) mass is 649 g/mol. The van der Waals surface area contributed by atoms with Gasteiger partial charge in [0.2, 0.25) is 17.7 Å². The van der Waals surface area contributed by atoms with E-state index in [2.05, 4.69) is 18.5 Å². The largest absolute Gasteiger partial charge is 0.455 e. The quantitative estimate of drug-likeness (QED) is 0.217. The Balaban J connectivity index is 1.47. The normalized spacial score (nSPS) is 28.1. The van der Waals surface area contributed by atoms with E-state index in [-0.39, 0.29) is 49.3 Å². The number of likely N-dealkylation sites (tertiary alicyclic amines) is 1. The number of benzene rings is 1. The van der Waals surface area contributed by atoms with Gasteiger partial charge in [-0.15, -0.1) is 13.2 Å². The second-order valence-electron chi connectivity index (χ2n) is 13.8. The maximum atomic E-state index is 14.8. The molecule has 1 aromatic rings. The molecule has 3 aliphatic heterocycles. The van der Waals surface area contributed by atoms with E-state index >= 15 is 0 Å². The lowest BCUT2D eigenvalue weighted by Crippen LogP contribution is -2.61. The fraction of sp³-hybridized carbons (Fsp3) is 0.622. The van der Waals surface area contributed by atoms with E-state index in [1.807, 2.05) is 49.1 Å². The molecule has 1 aliphatic carbocycles. The molecule has 2 bridgehead atoms. The van der Waals surface area contributed by atoms with Gasteiger partial charge in [-0.05, 0) is 43.6 Å².